The van der Waals surface area contributed by atoms with Crippen LogP contribution in [-0.4, -0.2) is 9.38 Å². The van der Waals surface area contributed by atoms with E-state index in [0.29, 0.717) is 6.54 Å². The third-order valence-electron chi connectivity index (χ3n) is 3.18. The van der Waals surface area contributed by atoms with Crippen LogP contribution in [0.3, 0.4) is 0 Å². The summed E-state index contributed by atoms with van der Waals surface area (Å²) in [4.78, 5) is 6.82. The first-order chi connectivity index (χ1) is 9.88. The van der Waals surface area contributed by atoms with Crippen LogP contribution in [0.2, 0.25) is 0 Å². The molecule has 4 nitrogen and oxygen atoms in total. The van der Waals surface area contributed by atoms with Gasteiger partial charge in [-0.25, -0.2) is 4.98 Å². The lowest BCUT2D eigenvalue weighted by Crippen LogP contribution is -2.02. The highest BCUT2D eigenvalue weighted by Crippen LogP contribution is 2.34. The van der Waals surface area contributed by atoms with Crippen molar-refractivity contribution in [3.8, 4) is 22.0 Å². The van der Waals surface area contributed by atoms with Gasteiger partial charge in [0.1, 0.15) is 11.4 Å². The van der Waals surface area contributed by atoms with E-state index in [9.17, 15) is 0 Å². The average molecular weight is 301 g/mol. The Kier molecular flexibility index (Phi) is 2.73. The van der Waals surface area contributed by atoms with Gasteiger partial charge in [0.05, 0.1) is 16.8 Å². The van der Waals surface area contributed by atoms with Gasteiger partial charge in [-0.15, -0.1) is 22.7 Å². The van der Waals surface area contributed by atoms with Crippen molar-refractivity contribution in [1.82, 2.24) is 9.38 Å². The van der Waals surface area contributed by atoms with E-state index in [0.717, 1.165) is 32.7 Å². The Morgan fingerprint density at radius 2 is 2.20 bits per heavy atom. The Morgan fingerprint density at radius 1 is 1.25 bits per heavy atom. The van der Waals surface area contributed by atoms with Crippen LogP contribution < -0.4 is 5.73 Å². The zero-order valence-electron chi connectivity index (χ0n) is 10.4. The first kappa shape index (κ1) is 11.9. The fourth-order valence-corrected chi connectivity index (χ4v) is 3.94. The molecule has 0 atom stereocenters. The van der Waals surface area contributed by atoms with E-state index in [1.54, 1.807) is 28.9 Å². The lowest BCUT2D eigenvalue weighted by molar-refractivity contribution is 0.579. The van der Waals surface area contributed by atoms with Crippen LogP contribution in [0, 0.1) is 0 Å². The number of thiazole rings is 1. The van der Waals surface area contributed by atoms with Crippen molar-refractivity contribution in [3.05, 3.63) is 47.0 Å². The highest BCUT2D eigenvalue weighted by molar-refractivity contribution is 7.15. The van der Waals surface area contributed by atoms with E-state index in [1.165, 1.54) is 0 Å². The van der Waals surface area contributed by atoms with Gasteiger partial charge < -0.3 is 10.2 Å². The highest BCUT2D eigenvalue weighted by Gasteiger charge is 2.19. The monoisotopic (exact) mass is 301 g/mol. The van der Waals surface area contributed by atoms with Gasteiger partial charge >= 0.3 is 0 Å². The van der Waals surface area contributed by atoms with Crippen LogP contribution in [0.15, 0.2) is 45.7 Å². The van der Waals surface area contributed by atoms with Crippen molar-refractivity contribution < 1.29 is 4.42 Å². The number of hydrogen-bond acceptors (Lipinski definition) is 5. The number of fused-ring (bicyclic) bond motifs is 1. The molecule has 4 aromatic rings. The van der Waals surface area contributed by atoms with Crippen LogP contribution in [-0.2, 0) is 6.54 Å². The molecule has 4 rings (SSSR count). The molecular formula is C14H11N3OS2. The maximum Gasteiger partial charge on any atom is 0.195 e. The number of rotatable bonds is 3. The van der Waals surface area contributed by atoms with Gasteiger partial charge in [-0.2, -0.15) is 0 Å². The molecule has 4 aromatic heterocycles. The summed E-state index contributed by atoms with van der Waals surface area (Å²) in [6.45, 7) is 0.443. The van der Waals surface area contributed by atoms with E-state index >= 15 is 0 Å². The summed E-state index contributed by atoms with van der Waals surface area (Å²) < 4.78 is 7.60. The molecule has 100 valence electrons. The van der Waals surface area contributed by atoms with Gasteiger partial charge in [-0.05, 0) is 23.6 Å². The SMILES string of the molecule is NCc1c(-c2cccs2)nc2scc(-c3ccco3)n12. The minimum Gasteiger partial charge on any atom is -0.463 e. The number of thiophene rings is 1. The van der Waals surface area contributed by atoms with Crippen molar-refractivity contribution >= 4 is 27.6 Å². The first-order valence-electron chi connectivity index (χ1n) is 6.15. The molecule has 0 fully saturated rings. The quantitative estimate of drug-likeness (QED) is 0.625. The standard InChI is InChI=1S/C14H11N3OS2/c15-7-9-13(12-4-2-6-19-12)16-14-17(9)10(8-20-14)11-3-1-5-18-11/h1-6,8H,7,15H2. The van der Waals surface area contributed by atoms with E-state index in [4.69, 9.17) is 15.1 Å². The van der Waals surface area contributed by atoms with E-state index < -0.39 is 0 Å². The summed E-state index contributed by atoms with van der Waals surface area (Å²) in [5, 5.41) is 4.11. The molecular weight excluding hydrogens is 290 g/mol. The summed E-state index contributed by atoms with van der Waals surface area (Å²) in [5.74, 6) is 0.834. The predicted molar refractivity (Wildman–Crippen MR) is 82.0 cm³/mol. The number of hydrogen-bond donors (Lipinski definition) is 1. The van der Waals surface area contributed by atoms with Crippen molar-refractivity contribution in [1.29, 1.82) is 0 Å². The average Bonchev–Trinajstić information content (AvgIpc) is 3.21. The molecule has 0 saturated heterocycles. The summed E-state index contributed by atoms with van der Waals surface area (Å²) in [6, 6.07) is 7.94. The molecule has 2 N–H and O–H groups in total. The normalized spacial score (nSPS) is 11.4. The molecule has 0 aliphatic rings. The summed E-state index contributed by atoms with van der Waals surface area (Å²) in [6.07, 6.45) is 1.68. The molecule has 0 aliphatic heterocycles. The second-order valence-corrected chi connectivity index (χ2v) is 6.09. The Morgan fingerprint density at radius 3 is 2.90 bits per heavy atom. The van der Waals surface area contributed by atoms with Gasteiger partial charge in [-0.3, -0.25) is 4.40 Å². The van der Waals surface area contributed by atoms with E-state index in [2.05, 4.69) is 21.2 Å². The summed E-state index contributed by atoms with van der Waals surface area (Å²) in [7, 11) is 0. The maximum absolute atomic E-state index is 5.97. The molecule has 6 heteroatoms. The number of furan rings is 1. The van der Waals surface area contributed by atoms with Crippen molar-refractivity contribution in [2.24, 2.45) is 5.73 Å². The topological polar surface area (TPSA) is 56.5 Å². The van der Waals surface area contributed by atoms with Crippen LogP contribution in [0.4, 0.5) is 0 Å². The summed E-state index contributed by atoms with van der Waals surface area (Å²) >= 11 is 3.28. The largest absolute Gasteiger partial charge is 0.463 e. The molecule has 0 aromatic carbocycles. The third-order valence-corrected chi connectivity index (χ3v) is 4.88. The van der Waals surface area contributed by atoms with Crippen molar-refractivity contribution in [3.63, 3.8) is 0 Å². The van der Waals surface area contributed by atoms with Crippen molar-refractivity contribution in [2.45, 2.75) is 6.54 Å². The predicted octanol–water partition coefficient (Wildman–Crippen LogP) is 3.84. The molecule has 0 saturated carbocycles. The highest BCUT2D eigenvalue weighted by atomic mass is 32.1. The van der Waals surface area contributed by atoms with Gasteiger partial charge in [-0.1, -0.05) is 6.07 Å². The lowest BCUT2D eigenvalue weighted by Gasteiger charge is -2.01. The Hall–Kier alpha value is -1.89. The van der Waals surface area contributed by atoms with Crippen LogP contribution in [0.1, 0.15) is 5.69 Å². The third kappa shape index (κ3) is 1.66. The molecule has 0 amide bonds. The molecule has 20 heavy (non-hydrogen) atoms. The molecule has 0 aliphatic carbocycles. The molecule has 0 bridgehead atoms. The first-order valence-corrected chi connectivity index (χ1v) is 7.91. The number of nitrogens with two attached hydrogens (primary N) is 1. The van der Waals surface area contributed by atoms with Gasteiger partial charge in [0.25, 0.3) is 0 Å². The maximum atomic E-state index is 5.97. The molecule has 0 spiro atoms. The molecule has 0 unspecified atom stereocenters. The molecule has 4 heterocycles. The zero-order chi connectivity index (χ0) is 13.5. The fraction of sp³-hybridized carbons (Fsp3) is 0.0714. The van der Waals surface area contributed by atoms with Crippen LogP contribution in [0.25, 0.3) is 27.0 Å². The minimum absolute atomic E-state index is 0.443. The summed E-state index contributed by atoms with van der Waals surface area (Å²) in [5.41, 5.74) is 8.97. The smallest absolute Gasteiger partial charge is 0.195 e. The number of aromatic nitrogens is 2. The second kappa shape index (κ2) is 4.59. The minimum atomic E-state index is 0.443. The van der Waals surface area contributed by atoms with Crippen molar-refractivity contribution in [2.75, 3.05) is 0 Å². The second-order valence-electron chi connectivity index (χ2n) is 4.30. The lowest BCUT2D eigenvalue weighted by atomic mass is 10.2. The Labute approximate surface area is 123 Å². The van der Waals surface area contributed by atoms with Crippen LogP contribution in [0.5, 0.6) is 0 Å². The number of nitrogens with zero attached hydrogens (tertiary/aromatic N) is 2. The van der Waals surface area contributed by atoms with Gasteiger partial charge in [0, 0.05) is 11.9 Å². The Balaban J connectivity index is 2.01. The number of imidazole rings is 1. The van der Waals surface area contributed by atoms with Crippen LogP contribution >= 0.6 is 22.7 Å². The Bertz CT molecular complexity index is 841. The van der Waals surface area contributed by atoms with E-state index in [1.807, 2.05) is 18.2 Å². The van der Waals surface area contributed by atoms with Gasteiger partial charge in [0.15, 0.2) is 10.7 Å². The molecule has 0 radical (unpaired) electrons. The van der Waals surface area contributed by atoms with Gasteiger partial charge in [0.2, 0.25) is 0 Å². The fourth-order valence-electron chi connectivity index (χ4n) is 2.31. The van der Waals surface area contributed by atoms with E-state index in [-0.39, 0.29) is 0 Å². The zero-order valence-corrected chi connectivity index (χ0v) is 12.1.